The van der Waals surface area contributed by atoms with Gasteiger partial charge >= 0.3 is 0 Å². The Kier molecular flexibility index (Phi) is 6.18. The second-order valence-electron chi connectivity index (χ2n) is 3.52. The van der Waals surface area contributed by atoms with E-state index in [-0.39, 0.29) is 30.5 Å². The highest BCUT2D eigenvalue weighted by molar-refractivity contribution is 5.37. The van der Waals surface area contributed by atoms with Crippen molar-refractivity contribution in [1.82, 2.24) is 0 Å². The molecule has 2 aromatic carbocycles. The van der Waals surface area contributed by atoms with E-state index in [1.165, 1.54) is 30.3 Å². The van der Waals surface area contributed by atoms with Gasteiger partial charge in [-0.15, -0.1) is 0 Å². The number of phenols is 2. The van der Waals surface area contributed by atoms with E-state index >= 15 is 0 Å². The van der Waals surface area contributed by atoms with Crippen molar-refractivity contribution in [2.75, 3.05) is 13.2 Å². The highest BCUT2D eigenvalue weighted by Crippen LogP contribution is 2.23. The predicted molar refractivity (Wildman–Crippen MR) is 68.8 cm³/mol. The Bertz CT molecular complexity index is 464. The van der Waals surface area contributed by atoms with Crippen LogP contribution in [0.5, 0.6) is 17.2 Å². The summed E-state index contributed by atoms with van der Waals surface area (Å²) >= 11 is 0. The number of phenolic OH excluding ortho intramolecular Hbond substituents is 2. The fourth-order valence-corrected chi connectivity index (χ4v) is 1.18. The zero-order chi connectivity index (χ0) is 14.1. The van der Waals surface area contributed by atoms with Gasteiger partial charge in [-0.2, -0.15) is 0 Å². The molecule has 0 amide bonds. The summed E-state index contributed by atoms with van der Waals surface area (Å²) in [6, 6.07) is 11.7. The van der Waals surface area contributed by atoms with E-state index in [9.17, 15) is 4.39 Å². The van der Waals surface area contributed by atoms with Gasteiger partial charge in [0.2, 0.25) is 0 Å². The molecule has 2 aromatic rings. The van der Waals surface area contributed by atoms with Gasteiger partial charge in [-0.1, -0.05) is 12.1 Å². The fourth-order valence-electron chi connectivity index (χ4n) is 1.18. The van der Waals surface area contributed by atoms with E-state index in [0.29, 0.717) is 5.75 Å². The molecule has 0 fully saturated rings. The zero-order valence-electron chi connectivity index (χ0n) is 10.2. The van der Waals surface area contributed by atoms with Crippen molar-refractivity contribution in [2.45, 2.75) is 0 Å². The number of benzene rings is 2. The maximum absolute atomic E-state index is 12.0. The lowest BCUT2D eigenvalue weighted by molar-refractivity contribution is 0.197. The molecule has 0 unspecified atom stereocenters. The van der Waals surface area contributed by atoms with Crippen LogP contribution in [0.3, 0.4) is 0 Å². The summed E-state index contributed by atoms with van der Waals surface area (Å²) in [6.07, 6.45) is 0. The van der Waals surface area contributed by atoms with Crippen molar-refractivity contribution in [3.63, 3.8) is 0 Å². The summed E-state index contributed by atoms with van der Waals surface area (Å²) in [5.41, 5.74) is 0. The molecule has 0 bridgehead atoms. The van der Waals surface area contributed by atoms with Crippen LogP contribution in [-0.4, -0.2) is 28.5 Å². The van der Waals surface area contributed by atoms with Crippen LogP contribution in [0.4, 0.5) is 4.39 Å². The molecule has 3 N–H and O–H groups in total. The average molecular weight is 266 g/mol. The molecule has 0 aliphatic carbocycles. The lowest BCUT2D eigenvalue weighted by Crippen LogP contribution is -2.01. The van der Waals surface area contributed by atoms with Crippen LogP contribution in [0.15, 0.2) is 48.5 Å². The normalized spacial score (nSPS) is 9.37. The third kappa shape index (κ3) is 5.74. The summed E-state index contributed by atoms with van der Waals surface area (Å²) < 4.78 is 17.0. The number of hydrogen-bond donors (Lipinski definition) is 3. The van der Waals surface area contributed by atoms with Crippen molar-refractivity contribution in [3.8, 4) is 17.2 Å². The number of ether oxygens (including phenoxy) is 1. The van der Waals surface area contributed by atoms with Gasteiger partial charge in [0, 0.05) is 0 Å². The maximum Gasteiger partial charge on any atom is 0.161 e. The van der Waals surface area contributed by atoms with Crippen LogP contribution in [0.25, 0.3) is 0 Å². The minimum Gasteiger partial charge on any atom is -0.508 e. The summed E-state index contributed by atoms with van der Waals surface area (Å²) in [6.45, 7) is 0.159. The molecule has 0 saturated heterocycles. The lowest BCUT2D eigenvalue weighted by atomic mass is 10.3. The molecule has 2 rings (SSSR count). The summed E-state index contributed by atoms with van der Waals surface area (Å²) in [4.78, 5) is 0. The van der Waals surface area contributed by atoms with Crippen LogP contribution in [0, 0.1) is 5.82 Å². The third-order valence-corrected chi connectivity index (χ3v) is 2.04. The molecule has 5 heteroatoms. The molecule has 0 heterocycles. The standard InChI is InChI=1S/C8H10O3.C6H5FO/c9-5-6-11-8-4-2-1-3-7(8)10;7-5-1-3-6(8)4-2-5/h1-4,9-10H,5-6H2;1-4,8H. The van der Waals surface area contributed by atoms with Gasteiger partial charge in [-0.05, 0) is 36.4 Å². The van der Waals surface area contributed by atoms with E-state index in [1.54, 1.807) is 18.2 Å². The number of hydrogen-bond acceptors (Lipinski definition) is 4. The minimum atomic E-state index is -0.331. The summed E-state index contributed by atoms with van der Waals surface area (Å²) in [5.74, 6) is 0.261. The van der Waals surface area contributed by atoms with Crippen molar-refractivity contribution in [2.24, 2.45) is 0 Å². The fraction of sp³-hybridized carbons (Fsp3) is 0.143. The smallest absolute Gasteiger partial charge is 0.161 e. The van der Waals surface area contributed by atoms with Gasteiger partial charge < -0.3 is 20.1 Å². The number of aromatic hydroxyl groups is 2. The van der Waals surface area contributed by atoms with E-state index in [2.05, 4.69) is 0 Å². The second kappa shape index (κ2) is 7.94. The number of para-hydroxylation sites is 2. The first-order chi connectivity index (χ1) is 9.13. The van der Waals surface area contributed by atoms with Crippen LogP contribution in [0.1, 0.15) is 0 Å². The molecule has 0 radical (unpaired) electrons. The molecule has 0 aromatic heterocycles. The molecular formula is C14H15FO4. The SMILES string of the molecule is OCCOc1ccccc1O.Oc1ccc(F)cc1. The Labute approximate surface area is 110 Å². The number of rotatable bonds is 3. The summed E-state index contributed by atoms with van der Waals surface area (Å²) in [5, 5.41) is 26.1. The molecule has 19 heavy (non-hydrogen) atoms. The zero-order valence-corrected chi connectivity index (χ0v) is 10.2. The molecule has 0 aliphatic heterocycles. The van der Waals surface area contributed by atoms with E-state index in [0.717, 1.165) is 0 Å². The predicted octanol–water partition coefficient (Wildman–Crippen LogP) is 2.29. The summed E-state index contributed by atoms with van der Waals surface area (Å²) in [7, 11) is 0. The van der Waals surface area contributed by atoms with Crippen molar-refractivity contribution < 1.29 is 24.4 Å². The van der Waals surface area contributed by atoms with E-state index in [4.69, 9.17) is 20.1 Å². The molecule has 0 aliphatic rings. The second-order valence-corrected chi connectivity index (χ2v) is 3.52. The van der Waals surface area contributed by atoms with Gasteiger partial charge in [0.25, 0.3) is 0 Å². The largest absolute Gasteiger partial charge is 0.508 e. The van der Waals surface area contributed by atoms with Gasteiger partial charge in [-0.3, -0.25) is 0 Å². The lowest BCUT2D eigenvalue weighted by Gasteiger charge is -2.04. The van der Waals surface area contributed by atoms with E-state index < -0.39 is 0 Å². The van der Waals surface area contributed by atoms with Crippen molar-refractivity contribution >= 4 is 0 Å². The van der Waals surface area contributed by atoms with Crippen LogP contribution < -0.4 is 4.74 Å². The molecule has 0 saturated carbocycles. The van der Waals surface area contributed by atoms with Gasteiger partial charge in [0.05, 0.1) is 6.61 Å². The quantitative estimate of drug-likeness (QED) is 0.797. The van der Waals surface area contributed by atoms with Crippen molar-refractivity contribution in [3.05, 3.63) is 54.3 Å². The van der Waals surface area contributed by atoms with Crippen LogP contribution in [0.2, 0.25) is 0 Å². The highest BCUT2D eigenvalue weighted by Gasteiger charge is 1.97. The highest BCUT2D eigenvalue weighted by atomic mass is 19.1. The van der Waals surface area contributed by atoms with Gasteiger partial charge in [0.15, 0.2) is 11.5 Å². The topological polar surface area (TPSA) is 69.9 Å². The first-order valence-corrected chi connectivity index (χ1v) is 5.59. The molecule has 0 spiro atoms. The maximum atomic E-state index is 12.0. The molecule has 0 atom stereocenters. The molecule has 102 valence electrons. The third-order valence-electron chi connectivity index (χ3n) is 2.04. The van der Waals surface area contributed by atoms with Gasteiger partial charge in [0.1, 0.15) is 18.2 Å². The Hall–Kier alpha value is -2.27. The van der Waals surface area contributed by atoms with Crippen LogP contribution >= 0.6 is 0 Å². The monoisotopic (exact) mass is 266 g/mol. The molecular weight excluding hydrogens is 251 g/mol. The molecule has 4 nitrogen and oxygen atoms in total. The Balaban J connectivity index is 0.000000200. The van der Waals surface area contributed by atoms with E-state index in [1.807, 2.05) is 0 Å². The first kappa shape index (κ1) is 14.8. The Morgan fingerprint density at radius 2 is 1.58 bits per heavy atom. The minimum absolute atomic E-state index is 0.0473. The Morgan fingerprint density at radius 1 is 0.947 bits per heavy atom. The van der Waals surface area contributed by atoms with Crippen molar-refractivity contribution in [1.29, 1.82) is 0 Å². The Morgan fingerprint density at radius 3 is 2.11 bits per heavy atom. The average Bonchev–Trinajstić information content (AvgIpc) is 2.42. The number of halogens is 1. The van der Waals surface area contributed by atoms with Gasteiger partial charge in [-0.25, -0.2) is 4.39 Å². The number of aliphatic hydroxyl groups excluding tert-OH is 1. The van der Waals surface area contributed by atoms with Crippen LogP contribution in [-0.2, 0) is 0 Å². The first-order valence-electron chi connectivity index (χ1n) is 5.59. The number of aliphatic hydroxyl groups is 1.